The molecule has 0 bridgehead atoms. The second kappa shape index (κ2) is 6.73. The predicted molar refractivity (Wildman–Crippen MR) is 76.1 cm³/mol. The van der Waals surface area contributed by atoms with Gasteiger partial charge in [-0.25, -0.2) is 9.97 Å². The number of aromatic nitrogens is 2. The lowest BCUT2D eigenvalue weighted by atomic mass is 10.1. The second-order valence-electron chi connectivity index (χ2n) is 4.39. The molecule has 0 saturated heterocycles. The third kappa shape index (κ3) is 3.95. The minimum atomic E-state index is 0.566. The van der Waals surface area contributed by atoms with Gasteiger partial charge in [0.1, 0.15) is 6.33 Å². The van der Waals surface area contributed by atoms with Crippen LogP contribution in [0.5, 0.6) is 5.88 Å². The van der Waals surface area contributed by atoms with E-state index >= 15 is 0 Å². The Balaban J connectivity index is 1.89. The van der Waals surface area contributed by atoms with Gasteiger partial charge in [-0.2, -0.15) is 0 Å². The van der Waals surface area contributed by atoms with Gasteiger partial charge in [-0.15, -0.1) is 0 Å². The summed E-state index contributed by atoms with van der Waals surface area (Å²) in [7, 11) is 0. The fourth-order valence-corrected chi connectivity index (χ4v) is 1.88. The molecule has 0 fully saturated rings. The monoisotopic (exact) mass is 257 g/mol. The van der Waals surface area contributed by atoms with Crippen molar-refractivity contribution in [3.05, 3.63) is 47.9 Å². The zero-order valence-electron chi connectivity index (χ0n) is 11.2. The van der Waals surface area contributed by atoms with Gasteiger partial charge < -0.3 is 10.5 Å². The molecule has 0 amide bonds. The molecule has 19 heavy (non-hydrogen) atoms. The number of aryl methyl sites for hydroxylation is 1. The summed E-state index contributed by atoms with van der Waals surface area (Å²) >= 11 is 0. The van der Waals surface area contributed by atoms with E-state index in [1.807, 2.05) is 30.3 Å². The summed E-state index contributed by atoms with van der Waals surface area (Å²) in [6.45, 7) is 2.69. The number of rotatable bonds is 6. The number of para-hydroxylation sites is 1. The van der Waals surface area contributed by atoms with Gasteiger partial charge in [0.15, 0.2) is 0 Å². The summed E-state index contributed by atoms with van der Waals surface area (Å²) in [5.74, 6) is 0.632. The molecular weight excluding hydrogens is 238 g/mol. The van der Waals surface area contributed by atoms with Crippen LogP contribution in [0.15, 0.2) is 36.7 Å². The van der Waals surface area contributed by atoms with Crippen molar-refractivity contribution in [2.45, 2.75) is 26.2 Å². The normalized spacial score (nSPS) is 10.4. The summed E-state index contributed by atoms with van der Waals surface area (Å²) in [4.78, 5) is 8.31. The first kappa shape index (κ1) is 13.3. The van der Waals surface area contributed by atoms with Gasteiger partial charge >= 0.3 is 0 Å². The van der Waals surface area contributed by atoms with Gasteiger partial charge in [-0.1, -0.05) is 31.5 Å². The average molecular weight is 257 g/mol. The lowest BCUT2D eigenvalue weighted by Crippen LogP contribution is -2.05. The van der Waals surface area contributed by atoms with Crippen LogP contribution in [0.4, 0.5) is 5.69 Å². The van der Waals surface area contributed by atoms with Crippen molar-refractivity contribution in [3.63, 3.8) is 0 Å². The molecule has 0 unspecified atom stereocenters. The molecular formula is C15H19N3O. The van der Waals surface area contributed by atoms with Crippen LogP contribution in [-0.4, -0.2) is 16.6 Å². The van der Waals surface area contributed by atoms with Gasteiger partial charge in [0.05, 0.1) is 6.61 Å². The van der Waals surface area contributed by atoms with E-state index < -0.39 is 0 Å². The summed E-state index contributed by atoms with van der Waals surface area (Å²) in [5, 5.41) is 0. The molecule has 0 radical (unpaired) electrons. The number of benzene rings is 1. The Morgan fingerprint density at radius 1 is 1.16 bits per heavy atom. The molecule has 0 aliphatic carbocycles. The predicted octanol–water partition coefficient (Wildman–Crippen LogP) is 2.63. The third-order valence-corrected chi connectivity index (χ3v) is 2.88. The Hall–Kier alpha value is -2.10. The van der Waals surface area contributed by atoms with Gasteiger partial charge in [-0.3, -0.25) is 0 Å². The second-order valence-corrected chi connectivity index (χ2v) is 4.39. The number of nitrogen functional groups attached to an aromatic ring is 1. The maximum atomic E-state index is 5.88. The summed E-state index contributed by atoms with van der Waals surface area (Å²) in [5.41, 5.74) is 8.81. The minimum Gasteiger partial charge on any atom is -0.477 e. The average Bonchev–Trinajstić information content (AvgIpc) is 2.42. The van der Waals surface area contributed by atoms with Crippen molar-refractivity contribution >= 4 is 5.69 Å². The number of nitrogens with two attached hydrogens (primary N) is 1. The molecule has 1 aromatic heterocycles. The first-order chi connectivity index (χ1) is 9.29. The van der Waals surface area contributed by atoms with E-state index in [9.17, 15) is 0 Å². The Bertz CT molecular complexity index is 528. The zero-order chi connectivity index (χ0) is 13.5. The molecule has 100 valence electrons. The topological polar surface area (TPSA) is 61.0 Å². The summed E-state index contributed by atoms with van der Waals surface area (Å²) in [6, 6.07) is 9.73. The minimum absolute atomic E-state index is 0.566. The highest BCUT2D eigenvalue weighted by Crippen LogP contribution is 2.13. The molecule has 2 N–H and O–H groups in total. The van der Waals surface area contributed by atoms with Crippen LogP contribution < -0.4 is 10.5 Å². The molecule has 0 aliphatic rings. The van der Waals surface area contributed by atoms with Crippen LogP contribution in [0.2, 0.25) is 0 Å². The highest BCUT2D eigenvalue weighted by Gasteiger charge is 2.01. The lowest BCUT2D eigenvalue weighted by Gasteiger charge is -2.07. The maximum absolute atomic E-state index is 5.88. The van der Waals surface area contributed by atoms with Crippen molar-refractivity contribution in [2.75, 3.05) is 12.3 Å². The Kier molecular flexibility index (Phi) is 4.72. The molecule has 0 saturated carbocycles. The van der Waals surface area contributed by atoms with Crippen molar-refractivity contribution in [1.29, 1.82) is 0 Å². The number of hydrogen-bond acceptors (Lipinski definition) is 4. The summed E-state index contributed by atoms with van der Waals surface area (Å²) in [6.07, 6.45) is 4.35. The fourth-order valence-electron chi connectivity index (χ4n) is 1.88. The number of anilines is 1. The van der Waals surface area contributed by atoms with Crippen LogP contribution in [0.25, 0.3) is 0 Å². The van der Waals surface area contributed by atoms with E-state index in [1.165, 1.54) is 0 Å². The molecule has 0 aliphatic heterocycles. The van der Waals surface area contributed by atoms with E-state index in [2.05, 4.69) is 16.9 Å². The quantitative estimate of drug-likeness (QED) is 0.808. The first-order valence-corrected chi connectivity index (χ1v) is 6.56. The number of hydrogen-bond donors (Lipinski definition) is 1. The Labute approximate surface area is 113 Å². The van der Waals surface area contributed by atoms with E-state index in [4.69, 9.17) is 10.5 Å². The lowest BCUT2D eigenvalue weighted by molar-refractivity contribution is 0.308. The standard InChI is InChI=1S/C15H19N3O/c1-2-5-13-10-15(18-11-17-13)19-9-8-12-6-3-4-7-14(12)16/h3-4,6-7,10-11H,2,5,8-9,16H2,1H3. The van der Waals surface area contributed by atoms with Crippen molar-refractivity contribution in [3.8, 4) is 5.88 Å². The van der Waals surface area contributed by atoms with Crippen LogP contribution in [0.3, 0.4) is 0 Å². The van der Waals surface area contributed by atoms with Gasteiger partial charge in [-0.05, 0) is 18.1 Å². The van der Waals surface area contributed by atoms with E-state index in [-0.39, 0.29) is 0 Å². The van der Waals surface area contributed by atoms with Crippen molar-refractivity contribution < 1.29 is 4.74 Å². The molecule has 0 atom stereocenters. The van der Waals surface area contributed by atoms with E-state index in [0.717, 1.165) is 36.2 Å². The fraction of sp³-hybridized carbons (Fsp3) is 0.333. The maximum Gasteiger partial charge on any atom is 0.216 e. The highest BCUT2D eigenvalue weighted by atomic mass is 16.5. The van der Waals surface area contributed by atoms with Gasteiger partial charge in [0, 0.05) is 23.9 Å². The molecule has 4 nitrogen and oxygen atoms in total. The Morgan fingerprint density at radius 2 is 2.00 bits per heavy atom. The van der Waals surface area contributed by atoms with Crippen LogP contribution in [0, 0.1) is 0 Å². The number of nitrogens with zero attached hydrogens (tertiary/aromatic N) is 2. The first-order valence-electron chi connectivity index (χ1n) is 6.56. The molecule has 0 spiro atoms. The molecule has 2 aromatic rings. The zero-order valence-corrected chi connectivity index (χ0v) is 11.2. The Morgan fingerprint density at radius 3 is 2.79 bits per heavy atom. The van der Waals surface area contributed by atoms with Crippen LogP contribution >= 0.6 is 0 Å². The smallest absolute Gasteiger partial charge is 0.216 e. The highest BCUT2D eigenvalue weighted by molar-refractivity contribution is 5.46. The molecule has 4 heteroatoms. The van der Waals surface area contributed by atoms with Crippen molar-refractivity contribution in [1.82, 2.24) is 9.97 Å². The molecule has 2 rings (SSSR count). The summed E-state index contributed by atoms with van der Waals surface area (Å²) < 4.78 is 5.65. The third-order valence-electron chi connectivity index (χ3n) is 2.88. The van der Waals surface area contributed by atoms with Crippen LogP contribution in [0.1, 0.15) is 24.6 Å². The molecule has 1 aromatic carbocycles. The van der Waals surface area contributed by atoms with E-state index in [1.54, 1.807) is 6.33 Å². The van der Waals surface area contributed by atoms with Crippen LogP contribution in [-0.2, 0) is 12.8 Å². The van der Waals surface area contributed by atoms with Gasteiger partial charge in [0.25, 0.3) is 0 Å². The largest absolute Gasteiger partial charge is 0.477 e. The number of ether oxygens (including phenoxy) is 1. The SMILES string of the molecule is CCCc1cc(OCCc2ccccc2N)ncn1. The molecule has 1 heterocycles. The van der Waals surface area contributed by atoms with E-state index in [0.29, 0.717) is 12.5 Å². The van der Waals surface area contributed by atoms with Crippen molar-refractivity contribution in [2.24, 2.45) is 0 Å². The van der Waals surface area contributed by atoms with Gasteiger partial charge in [0.2, 0.25) is 5.88 Å².